The summed E-state index contributed by atoms with van der Waals surface area (Å²) in [4.78, 5) is 11.7. The lowest BCUT2D eigenvalue weighted by molar-refractivity contribution is -0.145. The van der Waals surface area contributed by atoms with Crippen molar-refractivity contribution in [2.75, 3.05) is 0 Å². The average molecular weight is 286 g/mol. The van der Waals surface area contributed by atoms with E-state index in [2.05, 4.69) is 6.58 Å². The van der Waals surface area contributed by atoms with Crippen LogP contribution < -0.4 is 5.73 Å². The second kappa shape index (κ2) is 6.76. The summed E-state index contributed by atoms with van der Waals surface area (Å²) in [6.45, 7) is 3.64. The molecule has 0 amide bonds. The van der Waals surface area contributed by atoms with E-state index in [0.717, 1.165) is 6.42 Å². The summed E-state index contributed by atoms with van der Waals surface area (Å²) >= 11 is 5.77. The molecule has 1 aliphatic heterocycles. The van der Waals surface area contributed by atoms with E-state index in [0.29, 0.717) is 23.8 Å². The maximum atomic E-state index is 11.7. The fourth-order valence-electron chi connectivity index (χ4n) is 3.33. The van der Waals surface area contributed by atoms with Crippen LogP contribution >= 0.6 is 11.6 Å². The van der Waals surface area contributed by atoms with Gasteiger partial charge in [-0.25, -0.2) is 0 Å². The fourth-order valence-corrected chi connectivity index (χ4v) is 3.51. The lowest BCUT2D eigenvalue weighted by Crippen LogP contribution is -2.36. The van der Waals surface area contributed by atoms with E-state index in [4.69, 9.17) is 22.1 Å². The predicted molar refractivity (Wildman–Crippen MR) is 76.8 cm³/mol. The Morgan fingerprint density at radius 2 is 2.11 bits per heavy atom. The van der Waals surface area contributed by atoms with Crippen molar-refractivity contribution in [2.45, 2.75) is 63.5 Å². The molecule has 0 aromatic heterocycles. The van der Waals surface area contributed by atoms with E-state index in [9.17, 15) is 4.79 Å². The van der Waals surface area contributed by atoms with Crippen LogP contribution in [0.25, 0.3) is 0 Å². The molecule has 0 unspecified atom stereocenters. The lowest BCUT2D eigenvalue weighted by atomic mass is 9.83. The first-order chi connectivity index (χ1) is 9.06. The van der Waals surface area contributed by atoms with E-state index in [1.807, 2.05) is 0 Å². The zero-order valence-corrected chi connectivity index (χ0v) is 12.2. The first-order valence-corrected chi connectivity index (χ1v) is 7.73. The minimum Gasteiger partial charge on any atom is -0.460 e. The summed E-state index contributed by atoms with van der Waals surface area (Å²) in [7, 11) is 0. The van der Waals surface area contributed by atoms with Gasteiger partial charge in [-0.3, -0.25) is 4.79 Å². The normalized spacial score (nSPS) is 30.1. The number of halogens is 1. The van der Waals surface area contributed by atoms with Gasteiger partial charge in [-0.2, -0.15) is 0 Å². The molecule has 1 aliphatic carbocycles. The average Bonchev–Trinajstić information content (AvgIpc) is 2.71. The molecule has 2 fully saturated rings. The molecule has 0 aromatic rings. The number of allylic oxidation sites excluding steroid dienone is 1. The van der Waals surface area contributed by atoms with Gasteiger partial charge in [0.1, 0.15) is 6.10 Å². The van der Waals surface area contributed by atoms with Gasteiger partial charge in [-0.1, -0.05) is 50.3 Å². The molecule has 1 saturated heterocycles. The number of ether oxygens (including phenoxy) is 1. The van der Waals surface area contributed by atoms with Crippen molar-refractivity contribution in [3.8, 4) is 0 Å². The number of nitrogens with two attached hydrogens (primary N) is 1. The standard InChI is InChI=1S/C15H24ClNO2/c1-10(16)7-12-9-14(19-15(12)18)13(17)8-11-5-3-2-4-6-11/h11-14H,1-9,17H2/t12-,13-,14-/m0/s1. The number of rotatable bonds is 5. The Morgan fingerprint density at radius 1 is 1.42 bits per heavy atom. The number of esters is 1. The second-order valence-corrected chi connectivity index (χ2v) is 6.57. The molecule has 0 radical (unpaired) electrons. The topological polar surface area (TPSA) is 52.3 Å². The Kier molecular flexibility index (Phi) is 5.28. The van der Waals surface area contributed by atoms with Gasteiger partial charge in [-0.15, -0.1) is 0 Å². The van der Waals surface area contributed by atoms with Crippen molar-refractivity contribution in [3.05, 3.63) is 11.6 Å². The van der Waals surface area contributed by atoms with Crippen LogP contribution in [0.4, 0.5) is 0 Å². The van der Waals surface area contributed by atoms with Gasteiger partial charge < -0.3 is 10.5 Å². The summed E-state index contributed by atoms with van der Waals surface area (Å²) in [5, 5.41) is 0.517. The number of cyclic esters (lactones) is 1. The van der Waals surface area contributed by atoms with Gasteiger partial charge in [0.25, 0.3) is 0 Å². The molecule has 3 atom stereocenters. The SMILES string of the molecule is C=C(Cl)C[C@H]1C[C@@H]([C@@H](N)CC2CCCCC2)OC1=O. The quantitative estimate of drug-likeness (QED) is 0.788. The monoisotopic (exact) mass is 285 g/mol. The highest BCUT2D eigenvalue weighted by Gasteiger charge is 2.38. The fraction of sp³-hybridized carbons (Fsp3) is 0.800. The third kappa shape index (κ3) is 4.22. The van der Waals surface area contributed by atoms with Crippen molar-refractivity contribution in [1.29, 1.82) is 0 Å². The molecule has 1 heterocycles. The highest BCUT2D eigenvalue weighted by molar-refractivity contribution is 6.29. The zero-order chi connectivity index (χ0) is 13.8. The predicted octanol–water partition coefficient (Wildman–Crippen LogP) is 3.36. The molecule has 0 bridgehead atoms. The van der Waals surface area contributed by atoms with E-state index >= 15 is 0 Å². The molecule has 19 heavy (non-hydrogen) atoms. The van der Waals surface area contributed by atoms with Crippen molar-refractivity contribution in [3.63, 3.8) is 0 Å². The first-order valence-electron chi connectivity index (χ1n) is 7.35. The van der Waals surface area contributed by atoms with Crippen molar-refractivity contribution in [1.82, 2.24) is 0 Å². The minimum absolute atomic E-state index is 0.0272. The van der Waals surface area contributed by atoms with Crippen LogP contribution in [-0.4, -0.2) is 18.1 Å². The molecule has 0 aromatic carbocycles. The molecule has 4 heteroatoms. The van der Waals surface area contributed by atoms with Crippen LogP contribution in [0.2, 0.25) is 0 Å². The molecule has 0 spiro atoms. The molecular formula is C15H24ClNO2. The van der Waals surface area contributed by atoms with Gasteiger partial charge >= 0.3 is 5.97 Å². The Bertz CT molecular complexity index is 339. The van der Waals surface area contributed by atoms with Crippen LogP contribution in [0.5, 0.6) is 0 Å². The highest BCUT2D eigenvalue weighted by atomic mass is 35.5. The molecule has 108 valence electrons. The number of carbonyl (C=O) groups excluding carboxylic acids is 1. The van der Waals surface area contributed by atoms with Gasteiger partial charge in [0.05, 0.1) is 5.92 Å². The molecule has 2 N–H and O–H groups in total. The van der Waals surface area contributed by atoms with Gasteiger partial charge in [0, 0.05) is 11.1 Å². The van der Waals surface area contributed by atoms with E-state index in [-0.39, 0.29) is 24.0 Å². The van der Waals surface area contributed by atoms with Gasteiger partial charge in [0.15, 0.2) is 0 Å². The van der Waals surface area contributed by atoms with Crippen molar-refractivity contribution >= 4 is 17.6 Å². The Morgan fingerprint density at radius 3 is 2.74 bits per heavy atom. The summed E-state index contributed by atoms with van der Waals surface area (Å²) in [6.07, 6.45) is 8.58. The minimum atomic E-state index is -0.161. The zero-order valence-electron chi connectivity index (χ0n) is 11.4. The summed E-state index contributed by atoms with van der Waals surface area (Å²) < 4.78 is 5.41. The van der Waals surface area contributed by atoms with Crippen LogP contribution in [0, 0.1) is 11.8 Å². The molecular weight excluding hydrogens is 262 g/mol. The highest BCUT2D eigenvalue weighted by Crippen LogP contribution is 2.33. The van der Waals surface area contributed by atoms with Crippen LogP contribution in [-0.2, 0) is 9.53 Å². The van der Waals surface area contributed by atoms with E-state index < -0.39 is 0 Å². The Balaban J connectivity index is 1.81. The Hall–Kier alpha value is -0.540. The molecule has 3 nitrogen and oxygen atoms in total. The summed E-state index contributed by atoms with van der Waals surface area (Å²) in [5.74, 6) is 0.405. The van der Waals surface area contributed by atoms with Crippen molar-refractivity contribution < 1.29 is 9.53 Å². The smallest absolute Gasteiger partial charge is 0.309 e. The van der Waals surface area contributed by atoms with Gasteiger partial charge in [-0.05, 0) is 25.2 Å². The number of hydrogen-bond donors (Lipinski definition) is 1. The first kappa shape index (κ1) is 14.9. The number of hydrogen-bond acceptors (Lipinski definition) is 3. The summed E-state index contributed by atoms with van der Waals surface area (Å²) in [5.41, 5.74) is 6.23. The second-order valence-electron chi connectivity index (χ2n) is 6.03. The van der Waals surface area contributed by atoms with Gasteiger partial charge in [0.2, 0.25) is 0 Å². The molecule has 1 saturated carbocycles. The third-order valence-corrected chi connectivity index (χ3v) is 4.55. The van der Waals surface area contributed by atoms with E-state index in [1.165, 1.54) is 32.1 Å². The maximum Gasteiger partial charge on any atom is 0.309 e. The Labute approximate surface area is 120 Å². The van der Waals surface area contributed by atoms with Crippen LogP contribution in [0.15, 0.2) is 11.6 Å². The lowest BCUT2D eigenvalue weighted by Gasteiger charge is -2.26. The molecule has 2 rings (SSSR count). The third-order valence-electron chi connectivity index (χ3n) is 4.39. The molecule has 2 aliphatic rings. The number of carbonyl (C=O) groups is 1. The van der Waals surface area contributed by atoms with Crippen LogP contribution in [0.3, 0.4) is 0 Å². The van der Waals surface area contributed by atoms with Crippen molar-refractivity contribution in [2.24, 2.45) is 17.6 Å². The maximum absolute atomic E-state index is 11.7. The van der Waals surface area contributed by atoms with Crippen LogP contribution in [0.1, 0.15) is 51.4 Å². The summed E-state index contributed by atoms with van der Waals surface area (Å²) in [6, 6.07) is -0.0272. The van der Waals surface area contributed by atoms with E-state index in [1.54, 1.807) is 0 Å². The largest absolute Gasteiger partial charge is 0.460 e.